The van der Waals surface area contributed by atoms with Gasteiger partial charge in [-0.1, -0.05) is 60.7 Å². The average molecular weight is 605 g/mol. The molecule has 1 saturated heterocycles. The molecule has 3 amide bonds. The molecule has 1 aromatic heterocycles. The molecule has 234 valence electrons. The summed E-state index contributed by atoms with van der Waals surface area (Å²) in [5.74, 6) is -1.71. The fraction of sp³-hybridized carbons (Fsp3) is 0.406. The van der Waals surface area contributed by atoms with Crippen LogP contribution in [0, 0.1) is 0 Å². The van der Waals surface area contributed by atoms with Crippen molar-refractivity contribution < 1.29 is 28.7 Å². The van der Waals surface area contributed by atoms with Gasteiger partial charge in [0.2, 0.25) is 5.91 Å². The van der Waals surface area contributed by atoms with Crippen molar-refractivity contribution in [1.29, 1.82) is 0 Å². The minimum Gasteiger partial charge on any atom is -0.467 e. The summed E-state index contributed by atoms with van der Waals surface area (Å²) in [6, 6.07) is 16.8. The second-order valence-electron chi connectivity index (χ2n) is 11.5. The molecule has 2 heterocycles. The molecule has 0 aliphatic carbocycles. The third-order valence-corrected chi connectivity index (χ3v) is 7.69. The molecule has 4 rings (SSSR count). The molecule has 12 nitrogen and oxygen atoms in total. The third kappa shape index (κ3) is 7.32. The van der Waals surface area contributed by atoms with Gasteiger partial charge in [0.05, 0.1) is 32.2 Å². The first-order valence-corrected chi connectivity index (χ1v) is 14.5. The molecular formula is C32H40N6O6. The van der Waals surface area contributed by atoms with E-state index in [0.29, 0.717) is 24.9 Å². The van der Waals surface area contributed by atoms with E-state index >= 15 is 0 Å². The summed E-state index contributed by atoms with van der Waals surface area (Å²) in [7, 11) is 1.31. The molecule has 0 radical (unpaired) electrons. The number of rotatable bonds is 12. The number of amides is 3. The second kappa shape index (κ2) is 13.8. The zero-order chi connectivity index (χ0) is 31.9. The van der Waals surface area contributed by atoms with Crippen LogP contribution in [0.15, 0.2) is 73.2 Å². The first kappa shape index (κ1) is 32.4. The van der Waals surface area contributed by atoms with Gasteiger partial charge >= 0.3 is 5.97 Å². The Morgan fingerprint density at radius 3 is 2.34 bits per heavy atom. The van der Waals surface area contributed by atoms with Crippen LogP contribution in [0.25, 0.3) is 0 Å². The van der Waals surface area contributed by atoms with Gasteiger partial charge < -0.3 is 35.3 Å². The van der Waals surface area contributed by atoms with Crippen LogP contribution in [0.1, 0.15) is 44.7 Å². The lowest BCUT2D eigenvalue weighted by Gasteiger charge is -2.36. The van der Waals surface area contributed by atoms with Gasteiger partial charge in [0.25, 0.3) is 11.8 Å². The number of hydrogen-bond donors (Lipinski definition) is 3. The Balaban J connectivity index is 1.57. The summed E-state index contributed by atoms with van der Waals surface area (Å²) in [6.07, 6.45) is 4.17. The Labute approximate surface area is 256 Å². The van der Waals surface area contributed by atoms with E-state index in [9.17, 15) is 19.2 Å². The monoisotopic (exact) mass is 604 g/mol. The number of carbonyl (C=O) groups is 4. The van der Waals surface area contributed by atoms with E-state index in [1.54, 1.807) is 22.6 Å². The second-order valence-corrected chi connectivity index (χ2v) is 11.5. The number of esters is 1. The van der Waals surface area contributed by atoms with Crippen molar-refractivity contribution in [2.24, 2.45) is 5.73 Å². The van der Waals surface area contributed by atoms with E-state index in [4.69, 9.17) is 15.2 Å². The van der Waals surface area contributed by atoms with Crippen LogP contribution in [0.3, 0.4) is 0 Å². The molecule has 0 spiro atoms. The van der Waals surface area contributed by atoms with E-state index in [2.05, 4.69) is 15.6 Å². The number of nitrogens with two attached hydrogens (primary N) is 1. The van der Waals surface area contributed by atoms with E-state index in [1.807, 2.05) is 60.7 Å². The molecule has 2 aromatic carbocycles. The number of likely N-dealkylation sites (tertiary alicyclic amines) is 1. The van der Waals surface area contributed by atoms with Gasteiger partial charge in [0.15, 0.2) is 5.82 Å². The highest BCUT2D eigenvalue weighted by molar-refractivity contribution is 5.98. The van der Waals surface area contributed by atoms with Gasteiger partial charge in [-0.3, -0.25) is 14.4 Å². The molecule has 3 aromatic rings. The van der Waals surface area contributed by atoms with Crippen molar-refractivity contribution in [3.8, 4) is 0 Å². The largest absolute Gasteiger partial charge is 0.467 e. The summed E-state index contributed by atoms with van der Waals surface area (Å²) < 4.78 is 12.3. The van der Waals surface area contributed by atoms with Gasteiger partial charge in [-0.05, 0) is 44.7 Å². The predicted octanol–water partition coefficient (Wildman–Crippen LogP) is 2.19. The Kier molecular flexibility index (Phi) is 10.2. The molecule has 1 unspecified atom stereocenters. The van der Waals surface area contributed by atoms with Gasteiger partial charge in [-0.15, -0.1) is 0 Å². The van der Waals surface area contributed by atoms with Gasteiger partial charge in [0.1, 0.15) is 17.6 Å². The maximum atomic E-state index is 14.2. The lowest BCUT2D eigenvalue weighted by atomic mass is 9.89. The predicted molar refractivity (Wildman–Crippen MR) is 163 cm³/mol. The van der Waals surface area contributed by atoms with E-state index < -0.39 is 40.9 Å². The number of nitrogens with one attached hydrogen (secondary N) is 2. The summed E-state index contributed by atoms with van der Waals surface area (Å²) in [4.78, 5) is 58.7. The standard InChI is InChI=1S/C32H40N6O6/c1-31(2,33)29(41)35-24(20-44-19-22-12-7-5-8-13-22)27(39)36-26-18-37(21-34-26)32(3,23-14-9-6-10-15-23)30(42)38-17-11-16-25(38)28(40)43-4/h5-10,12-15,18,21,24-25H,11,16-17,19-20,33H2,1-4H3,(H,35,41)(H,36,39)/t24-,25+,32?/m1/s1. The maximum Gasteiger partial charge on any atom is 0.328 e. The third-order valence-electron chi connectivity index (χ3n) is 7.69. The highest BCUT2D eigenvalue weighted by Gasteiger charge is 2.46. The van der Waals surface area contributed by atoms with Crippen molar-refractivity contribution in [3.63, 3.8) is 0 Å². The van der Waals surface area contributed by atoms with Gasteiger partial charge in [0, 0.05) is 12.7 Å². The molecule has 3 atom stereocenters. The zero-order valence-corrected chi connectivity index (χ0v) is 25.5. The molecular weight excluding hydrogens is 564 g/mol. The molecule has 0 saturated carbocycles. The van der Waals surface area contributed by atoms with Crippen molar-refractivity contribution in [1.82, 2.24) is 19.8 Å². The molecule has 12 heteroatoms. The van der Waals surface area contributed by atoms with Crippen LogP contribution in [-0.2, 0) is 40.8 Å². The smallest absolute Gasteiger partial charge is 0.328 e. The maximum absolute atomic E-state index is 14.2. The highest BCUT2D eigenvalue weighted by atomic mass is 16.5. The summed E-state index contributed by atoms with van der Waals surface area (Å²) in [5.41, 5.74) is 5.01. The summed E-state index contributed by atoms with van der Waals surface area (Å²) >= 11 is 0. The number of carbonyl (C=O) groups excluding carboxylic acids is 4. The Morgan fingerprint density at radius 2 is 1.70 bits per heavy atom. The van der Waals surface area contributed by atoms with Gasteiger partial charge in [-0.25, -0.2) is 9.78 Å². The van der Waals surface area contributed by atoms with E-state index in [-0.39, 0.29) is 24.9 Å². The zero-order valence-electron chi connectivity index (χ0n) is 25.5. The first-order chi connectivity index (χ1) is 20.9. The van der Waals surface area contributed by atoms with E-state index in [1.165, 1.54) is 27.3 Å². The van der Waals surface area contributed by atoms with Crippen molar-refractivity contribution in [2.45, 2.75) is 63.4 Å². The average Bonchev–Trinajstić information content (AvgIpc) is 3.70. The lowest BCUT2D eigenvalue weighted by Crippen LogP contribution is -2.56. The van der Waals surface area contributed by atoms with Crippen LogP contribution < -0.4 is 16.4 Å². The normalized spacial score (nSPS) is 16.9. The number of imidazole rings is 1. The Hall–Kier alpha value is -4.55. The van der Waals surface area contributed by atoms with Crippen molar-refractivity contribution in [2.75, 3.05) is 25.6 Å². The van der Waals surface area contributed by atoms with Crippen LogP contribution in [0.4, 0.5) is 5.82 Å². The Morgan fingerprint density at radius 1 is 1.05 bits per heavy atom. The summed E-state index contributed by atoms with van der Waals surface area (Å²) in [5, 5.41) is 5.39. The number of aromatic nitrogens is 2. The van der Waals surface area contributed by atoms with Gasteiger partial charge in [-0.2, -0.15) is 0 Å². The number of methoxy groups -OCH3 is 1. The fourth-order valence-corrected chi connectivity index (χ4v) is 5.06. The topological polar surface area (TPSA) is 158 Å². The van der Waals surface area contributed by atoms with Crippen LogP contribution in [0.2, 0.25) is 0 Å². The molecule has 1 aliphatic rings. The molecule has 4 N–H and O–H groups in total. The molecule has 1 aliphatic heterocycles. The Bertz CT molecular complexity index is 1450. The fourth-order valence-electron chi connectivity index (χ4n) is 5.06. The molecule has 44 heavy (non-hydrogen) atoms. The molecule has 0 bridgehead atoms. The molecule has 1 fully saturated rings. The SMILES string of the molecule is COC(=O)[C@@H]1CCCN1C(=O)C(C)(c1ccccc1)n1cnc(NC(=O)[C@@H](COCc2ccccc2)NC(=O)C(C)(C)N)c1. The van der Waals surface area contributed by atoms with Crippen molar-refractivity contribution >= 4 is 29.5 Å². The van der Waals surface area contributed by atoms with Crippen LogP contribution in [-0.4, -0.2) is 76.0 Å². The lowest BCUT2D eigenvalue weighted by molar-refractivity contribution is -0.153. The number of hydrogen-bond acceptors (Lipinski definition) is 8. The summed E-state index contributed by atoms with van der Waals surface area (Å²) in [6.45, 7) is 5.34. The van der Waals surface area contributed by atoms with Crippen LogP contribution in [0.5, 0.6) is 0 Å². The van der Waals surface area contributed by atoms with Crippen LogP contribution >= 0.6 is 0 Å². The minimum absolute atomic E-state index is 0.118. The highest BCUT2D eigenvalue weighted by Crippen LogP contribution is 2.33. The first-order valence-electron chi connectivity index (χ1n) is 14.5. The quantitative estimate of drug-likeness (QED) is 0.266. The number of benzene rings is 2. The number of anilines is 1. The minimum atomic E-state index is -1.30. The number of ether oxygens (including phenoxy) is 2. The van der Waals surface area contributed by atoms with Crippen molar-refractivity contribution in [3.05, 3.63) is 84.3 Å². The van der Waals surface area contributed by atoms with E-state index in [0.717, 1.165) is 5.56 Å². The number of nitrogens with zero attached hydrogens (tertiary/aromatic N) is 3.